The number of Topliss-reactive ketones (excluding diaryl/α,β-unsaturated/α-hetero) is 2. The van der Waals surface area contributed by atoms with Gasteiger partial charge in [0, 0.05) is 40.2 Å². The number of ketones is 2. The van der Waals surface area contributed by atoms with Gasteiger partial charge in [0.2, 0.25) is 0 Å². The number of carbonyl (C=O) groups is 3. The summed E-state index contributed by atoms with van der Waals surface area (Å²) in [5.41, 5.74) is 0.944. The van der Waals surface area contributed by atoms with Gasteiger partial charge in [0.15, 0.2) is 5.78 Å². The lowest BCUT2D eigenvalue weighted by Gasteiger charge is -2.60. The zero-order valence-electron chi connectivity index (χ0n) is 22.7. The number of aliphatic hydroxyl groups excluding tert-OH is 1. The van der Waals surface area contributed by atoms with Crippen molar-refractivity contribution < 1.29 is 24.6 Å². The monoisotopic (exact) mass is 484 g/mol. The number of fused-ring (bicyclic) bond motifs is 4. The maximum atomic E-state index is 14.0. The molecule has 0 aromatic rings. The van der Waals surface area contributed by atoms with Crippen molar-refractivity contribution in [2.45, 2.75) is 106 Å². The molecule has 5 nitrogen and oxygen atoms in total. The van der Waals surface area contributed by atoms with Crippen LogP contribution in [0, 0.1) is 39.4 Å². The Labute approximate surface area is 210 Å². The fraction of sp³-hybridized carbons (Fsp3) is 0.767. The maximum Gasteiger partial charge on any atom is 0.330 e. The lowest BCUT2D eigenvalue weighted by Crippen LogP contribution is -2.57. The second-order valence-electron chi connectivity index (χ2n) is 13.3. The molecule has 194 valence electrons. The van der Waals surface area contributed by atoms with E-state index < -0.39 is 22.9 Å². The Kier molecular flexibility index (Phi) is 6.31. The Morgan fingerprint density at radius 3 is 2.43 bits per heavy atom. The number of carboxylic acids is 1. The van der Waals surface area contributed by atoms with Crippen molar-refractivity contribution in [3.05, 3.63) is 22.8 Å². The van der Waals surface area contributed by atoms with Gasteiger partial charge < -0.3 is 10.2 Å². The molecule has 0 aliphatic heterocycles. The molecular formula is C30H44O5. The van der Waals surface area contributed by atoms with Crippen LogP contribution in [0.15, 0.2) is 22.8 Å². The summed E-state index contributed by atoms with van der Waals surface area (Å²) in [4.78, 5) is 38.0. The number of carbonyl (C=O) groups excluding carboxylic acids is 2. The standard InChI is InChI=1S/C30H44O5/c1-17(9-8-10-18(2)26(34)35)20-15-24(33)30(7)19-11-12-22-27(3,4)23(32)13-14-28(22,5)25(19)21(31)16-29(20,30)6/h10,17,20,22,24,33H,8-9,11-16H2,1-7H3,(H,34,35)/b18-10-. The van der Waals surface area contributed by atoms with E-state index in [1.807, 2.05) is 0 Å². The van der Waals surface area contributed by atoms with Gasteiger partial charge >= 0.3 is 5.97 Å². The van der Waals surface area contributed by atoms with Crippen LogP contribution >= 0.6 is 0 Å². The van der Waals surface area contributed by atoms with E-state index in [2.05, 4.69) is 41.5 Å². The van der Waals surface area contributed by atoms with E-state index in [0.29, 0.717) is 37.0 Å². The first-order valence-electron chi connectivity index (χ1n) is 13.5. The Morgan fingerprint density at radius 1 is 1.14 bits per heavy atom. The summed E-state index contributed by atoms with van der Waals surface area (Å²) in [6.45, 7) is 14.6. The first kappa shape index (κ1) is 26.3. The molecular weight excluding hydrogens is 440 g/mol. The number of hydrogen-bond acceptors (Lipinski definition) is 4. The minimum atomic E-state index is -0.887. The Hall–Kier alpha value is -1.75. The smallest absolute Gasteiger partial charge is 0.330 e. The molecule has 0 aromatic heterocycles. The minimum absolute atomic E-state index is 0.157. The molecule has 0 radical (unpaired) electrons. The van der Waals surface area contributed by atoms with Gasteiger partial charge in [-0.15, -0.1) is 0 Å². The molecule has 5 heteroatoms. The fourth-order valence-corrected chi connectivity index (χ4v) is 9.10. The van der Waals surface area contributed by atoms with Crippen LogP contribution in [0.4, 0.5) is 0 Å². The summed E-state index contributed by atoms with van der Waals surface area (Å²) >= 11 is 0. The molecule has 4 rings (SSSR count). The van der Waals surface area contributed by atoms with Gasteiger partial charge in [-0.1, -0.05) is 53.2 Å². The predicted octanol–water partition coefficient (Wildman–Crippen LogP) is 5.90. The van der Waals surface area contributed by atoms with Gasteiger partial charge in [0.05, 0.1) is 6.10 Å². The highest BCUT2D eigenvalue weighted by Gasteiger charge is 2.68. The van der Waals surface area contributed by atoms with E-state index in [1.165, 1.54) is 5.57 Å². The Bertz CT molecular complexity index is 1020. The Balaban J connectivity index is 1.71. The summed E-state index contributed by atoms with van der Waals surface area (Å²) in [5, 5.41) is 20.8. The van der Waals surface area contributed by atoms with Crippen molar-refractivity contribution in [1.29, 1.82) is 0 Å². The second kappa shape index (κ2) is 8.39. The number of rotatable bonds is 5. The van der Waals surface area contributed by atoms with Crippen LogP contribution in [0.5, 0.6) is 0 Å². The van der Waals surface area contributed by atoms with E-state index in [1.54, 1.807) is 13.0 Å². The van der Waals surface area contributed by atoms with Crippen LogP contribution in [0.25, 0.3) is 0 Å². The predicted molar refractivity (Wildman–Crippen MR) is 136 cm³/mol. The third-order valence-corrected chi connectivity index (χ3v) is 11.5. The summed E-state index contributed by atoms with van der Waals surface area (Å²) in [6.07, 6.45) is 6.82. The summed E-state index contributed by atoms with van der Waals surface area (Å²) in [7, 11) is 0. The molecule has 4 aliphatic carbocycles. The van der Waals surface area contributed by atoms with Gasteiger partial charge in [-0.2, -0.15) is 0 Å². The van der Waals surface area contributed by atoms with E-state index in [9.17, 15) is 19.5 Å². The third kappa shape index (κ3) is 3.54. The lowest BCUT2D eigenvalue weighted by atomic mass is 9.43. The average Bonchev–Trinajstić information content (AvgIpc) is 2.97. The van der Waals surface area contributed by atoms with Crippen LogP contribution in [0.1, 0.15) is 99.8 Å². The van der Waals surface area contributed by atoms with Crippen molar-refractivity contribution in [1.82, 2.24) is 0 Å². The molecule has 0 aromatic carbocycles. The molecule has 0 amide bonds. The first-order chi connectivity index (χ1) is 16.1. The van der Waals surface area contributed by atoms with E-state index >= 15 is 0 Å². The van der Waals surface area contributed by atoms with Crippen LogP contribution in [-0.2, 0) is 14.4 Å². The average molecular weight is 485 g/mol. The SMILES string of the molecule is C/C(=C/CCC(C)C1CC(O)C2(C)C3=C(C(=O)CC12C)C1(C)CCC(=O)C(C)(C)C1CC3)C(=O)O. The molecule has 4 aliphatic rings. The largest absolute Gasteiger partial charge is 0.478 e. The molecule has 0 bridgehead atoms. The van der Waals surface area contributed by atoms with Crippen molar-refractivity contribution >= 4 is 17.5 Å². The zero-order chi connectivity index (χ0) is 26.1. The molecule has 7 unspecified atom stereocenters. The molecule has 0 saturated heterocycles. The molecule has 2 saturated carbocycles. The minimum Gasteiger partial charge on any atom is -0.478 e. The fourth-order valence-electron chi connectivity index (χ4n) is 9.10. The molecule has 2 fully saturated rings. The summed E-state index contributed by atoms with van der Waals surface area (Å²) in [5.74, 6) is 0.263. The zero-order valence-corrected chi connectivity index (χ0v) is 22.7. The van der Waals surface area contributed by atoms with Crippen molar-refractivity contribution in [3.63, 3.8) is 0 Å². The Morgan fingerprint density at radius 2 is 1.80 bits per heavy atom. The van der Waals surface area contributed by atoms with E-state index in [-0.39, 0.29) is 34.4 Å². The second-order valence-corrected chi connectivity index (χ2v) is 13.3. The quantitative estimate of drug-likeness (QED) is 0.474. The maximum absolute atomic E-state index is 14.0. The third-order valence-electron chi connectivity index (χ3n) is 11.5. The van der Waals surface area contributed by atoms with Crippen LogP contribution in [0.2, 0.25) is 0 Å². The molecule has 35 heavy (non-hydrogen) atoms. The van der Waals surface area contributed by atoms with Crippen molar-refractivity contribution in [2.75, 3.05) is 0 Å². The van der Waals surface area contributed by atoms with E-state index in [4.69, 9.17) is 5.11 Å². The normalized spacial score (nSPS) is 41.8. The highest BCUT2D eigenvalue weighted by molar-refractivity contribution is 6.00. The molecule has 0 spiro atoms. The highest BCUT2D eigenvalue weighted by atomic mass is 16.4. The van der Waals surface area contributed by atoms with Crippen LogP contribution < -0.4 is 0 Å². The number of hydrogen-bond donors (Lipinski definition) is 2. The molecule has 7 atom stereocenters. The van der Waals surface area contributed by atoms with Crippen molar-refractivity contribution in [3.8, 4) is 0 Å². The first-order valence-corrected chi connectivity index (χ1v) is 13.5. The van der Waals surface area contributed by atoms with Crippen molar-refractivity contribution in [2.24, 2.45) is 39.4 Å². The number of aliphatic carboxylic acids is 1. The number of aliphatic hydroxyl groups is 1. The van der Waals surface area contributed by atoms with Gasteiger partial charge in [0.1, 0.15) is 5.78 Å². The number of allylic oxidation sites excluding steroid dienone is 2. The topological polar surface area (TPSA) is 91.7 Å². The van der Waals surface area contributed by atoms with Gasteiger partial charge in [-0.25, -0.2) is 4.79 Å². The highest BCUT2D eigenvalue weighted by Crippen LogP contribution is 2.71. The van der Waals surface area contributed by atoms with Gasteiger partial charge in [-0.05, 0) is 68.6 Å². The molecule has 2 N–H and O–H groups in total. The van der Waals surface area contributed by atoms with Gasteiger partial charge in [0.25, 0.3) is 0 Å². The van der Waals surface area contributed by atoms with Crippen LogP contribution in [-0.4, -0.2) is 33.9 Å². The van der Waals surface area contributed by atoms with Gasteiger partial charge in [-0.3, -0.25) is 9.59 Å². The summed E-state index contributed by atoms with van der Waals surface area (Å²) in [6, 6.07) is 0. The molecule has 0 heterocycles. The summed E-state index contributed by atoms with van der Waals surface area (Å²) < 4.78 is 0. The number of carboxylic acid groups (broad SMARTS) is 1. The van der Waals surface area contributed by atoms with E-state index in [0.717, 1.165) is 31.3 Å². The van der Waals surface area contributed by atoms with Crippen LogP contribution in [0.3, 0.4) is 0 Å². The lowest BCUT2D eigenvalue weighted by molar-refractivity contribution is -0.143.